The number of rotatable bonds is 5. The van der Waals surface area contributed by atoms with Gasteiger partial charge in [0.2, 0.25) is 0 Å². The molecule has 1 atom stereocenters. The molecule has 23 heavy (non-hydrogen) atoms. The average molecular weight is 309 g/mol. The molecule has 1 fully saturated rings. The number of nitrogens with zero attached hydrogens (tertiary/aromatic N) is 7. The lowest BCUT2D eigenvalue weighted by Gasteiger charge is -2.22. The number of hydrogen-bond donors (Lipinski definition) is 0. The summed E-state index contributed by atoms with van der Waals surface area (Å²) in [6.07, 6.45) is 7.78. The van der Waals surface area contributed by atoms with Crippen molar-refractivity contribution in [1.29, 1.82) is 0 Å². The molecule has 1 aliphatic heterocycles. The number of benzene rings is 1. The first kappa shape index (κ1) is 14.1. The summed E-state index contributed by atoms with van der Waals surface area (Å²) in [7, 11) is 0. The van der Waals surface area contributed by atoms with Crippen LogP contribution in [-0.2, 0) is 13.1 Å². The number of hydrogen-bond acceptors (Lipinski definition) is 5. The molecule has 0 amide bonds. The van der Waals surface area contributed by atoms with Crippen LogP contribution in [0.15, 0.2) is 49.2 Å². The third-order valence-corrected chi connectivity index (χ3v) is 4.29. The van der Waals surface area contributed by atoms with Crippen molar-refractivity contribution in [3.8, 4) is 5.69 Å². The standard InChI is InChI=1S/C16H19N7/c1-2-5-15(6-3-1)23-10-14(19-20-23)9-21-8-4-7-16(21)11-22-13-17-12-18-22/h1-3,5-6,10,12-13,16H,4,7-9,11H2/t16-/m1/s1. The summed E-state index contributed by atoms with van der Waals surface area (Å²) in [5.41, 5.74) is 2.03. The van der Waals surface area contributed by atoms with Gasteiger partial charge in [-0.25, -0.2) is 9.67 Å². The summed E-state index contributed by atoms with van der Waals surface area (Å²) >= 11 is 0. The molecule has 0 N–H and O–H groups in total. The van der Waals surface area contributed by atoms with Gasteiger partial charge in [-0.2, -0.15) is 5.10 Å². The maximum atomic E-state index is 4.32. The van der Waals surface area contributed by atoms with Gasteiger partial charge in [0, 0.05) is 12.6 Å². The second kappa shape index (κ2) is 6.29. The van der Waals surface area contributed by atoms with Crippen LogP contribution < -0.4 is 0 Å². The third kappa shape index (κ3) is 3.14. The van der Waals surface area contributed by atoms with Crippen molar-refractivity contribution >= 4 is 0 Å². The smallest absolute Gasteiger partial charge is 0.137 e. The van der Waals surface area contributed by atoms with Crippen LogP contribution >= 0.6 is 0 Å². The van der Waals surface area contributed by atoms with Gasteiger partial charge in [0.05, 0.1) is 24.1 Å². The zero-order valence-electron chi connectivity index (χ0n) is 12.9. The Morgan fingerprint density at radius 3 is 2.91 bits per heavy atom. The topological polar surface area (TPSA) is 64.7 Å². The van der Waals surface area contributed by atoms with Gasteiger partial charge < -0.3 is 0 Å². The Morgan fingerprint density at radius 1 is 1.17 bits per heavy atom. The van der Waals surface area contributed by atoms with Gasteiger partial charge in [0.15, 0.2) is 0 Å². The van der Waals surface area contributed by atoms with Crippen molar-refractivity contribution in [3.63, 3.8) is 0 Å². The maximum absolute atomic E-state index is 4.32. The average Bonchev–Trinajstić information content (AvgIpc) is 3.33. The lowest BCUT2D eigenvalue weighted by atomic mass is 10.2. The van der Waals surface area contributed by atoms with Crippen molar-refractivity contribution in [2.45, 2.75) is 32.0 Å². The molecule has 0 bridgehead atoms. The molecule has 0 radical (unpaired) electrons. The van der Waals surface area contributed by atoms with Crippen LogP contribution in [0.1, 0.15) is 18.5 Å². The molecular formula is C16H19N7. The van der Waals surface area contributed by atoms with Gasteiger partial charge in [-0.3, -0.25) is 9.58 Å². The van der Waals surface area contributed by atoms with Crippen molar-refractivity contribution < 1.29 is 0 Å². The zero-order valence-corrected chi connectivity index (χ0v) is 12.9. The van der Waals surface area contributed by atoms with E-state index in [1.165, 1.54) is 12.8 Å². The van der Waals surface area contributed by atoms with Gasteiger partial charge in [0.1, 0.15) is 12.7 Å². The van der Waals surface area contributed by atoms with E-state index in [0.29, 0.717) is 6.04 Å². The SMILES string of the molecule is c1ccc(-n2cc(CN3CCC[C@@H]3Cn3cncn3)nn2)cc1. The molecule has 7 nitrogen and oxygen atoms in total. The summed E-state index contributed by atoms with van der Waals surface area (Å²) in [6.45, 7) is 2.80. The van der Waals surface area contributed by atoms with E-state index >= 15 is 0 Å². The first-order valence-electron chi connectivity index (χ1n) is 7.91. The first-order valence-corrected chi connectivity index (χ1v) is 7.91. The second-order valence-electron chi connectivity index (χ2n) is 5.87. The highest BCUT2D eigenvalue weighted by Crippen LogP contribution is 2.20. The Balaban J connectivity index is 1.44. The van der Waals surface area contributed by atoms with Crippen molar-refractivity contribution in [2.24, 2.45) is 0 Å². The molecule has 0 spiro atoms. The fourth-order valence-electron chi connectivity index (χ4n) is 3.14. The van der Waals surface area contributed by atoms with Crippen LogP contribution in [0.4, 0.5) is 0 Å². The summed E-state index contributed by atoms with van der Waals surface area (Å²) in [5.74, 6) is 0. The first-order chi connectivity index (χ1) is 11.4. The largest absolute Gasteiger partial charge is 0.293 e. The van der Waals surface area contributed by atoms with Gasteiger partial charge in [0.25, 0.3) is 0 Å². The Kier molecular flexibility index (Phi) is 3.85. The lowest BCUT2D eigenvalue weighted by Crippen LogP contribution is -2.32. The van der Waals surface area contributed by atoms with Crippen LogP contribution in [0, 0.1) is 0 Å². The highest BCUT2D eigenvalue weighted by Gasteiger charge is 2.25. The normalized spacial score (nSPS) is 18.5. The highest BCUT2D eigenvalue weighted by atomic mass is 15.4. The van der Waals surface area contributed by atoms with Gasteiger partial charge >= 0.3 is 0 Å². The number of likely N-dealkylation sites (tertiary alicyclic amines) is 1. The Labute approximate surface area is 134 Å². The molecule has 1 aliphatic rings. The van der Waals surface area contributed by atoms with Gasteiger partial charge in [-0.1, -0.05) is 23.4 Å². The maximum Gasteiger partial charge on any atom is 0.137 e. The second-order valence-corrected chi connectivity index (χ2v) is 5.87. The zero-order chi connectivity index (χ0) is 15.5. The van der Waals surface area contributed by atoms with E-state index < -0.39 is 0 Å². The van der Waals surface area contributed by atoms with Crippen LogP contribution in [0.25, 0.3) is 5.69 Å². The highest BCUT2D eigenvalue weighted by molar-refractivity contribution is 5.29. The molecule has 0 unspecified atom stereocenters. The Morgan fingerprint density at radius 2 is 2.09 bits per heavy atom. The summed E-state index contributed by atoms with van der Waals surface area (Å²) < 4.78 is 3.74. The van der Waals surface area contributed by atoms with E-state index in [0.717, 1.165) is 31.0 Å². The lowest BCUT2D eigenvalue weighted by molar-refractivity contribution is 0.216. The summed E-state index contributed by atoms with van der Waals surface area (Å²) in [6, 6.07) is 10.6. The van der Waals surface area contributed by atoms with Crippen molar-refractivity contribution in [2.75, 3.05) is 6.54 Å². The van der Waals surface area contributed by atoms with Crippen molar-refractivity contribution in [1.82, 2.24) is 34.7 Å². The molecule has 0 saturated carbocycles. The van der Waals surface area contributed by atoms with Gasteiger partial charge in [-0.15, -0.1) is 5.10 Å². The molecule has 1 aromatic carbocycles. The minimum absolute atomic E-state index is 0.485. The van der Waals surface area contributed by atoms with E-state index in [4.69, 9.17) is 0 Å². The van der Waals surface area contributed by atoms with Crippen molar-refractivity contribution in [3.05, 3.63) is 54.9 Å². The molecule has 1 saturated heterocycles. The monoisotopic (exact) mass is 309 g/mol. The molecular weight excluding hydrogens is 290 g/mol. The predicted molar refractivity (Wildman–Crippen MR) is 84.8 cm³/mol. The molecule has 2 aromatic heterocycles. The third-order valence-electron chi connectivity index (χ3n) is 4.29. The molecule has 4 rings (SSSR count). The molecule has 0 aliphatic carbocycles. The predicted octanol–water partition coefficient (Wildman–Crippen LogP) is 1.52. The molecule has 3 heterocycles. The quantitative estimate of drug-likeness (QED) is 0.715. The number of aromatic nitrogens is 6. The van der Waals surface area contributed by atoms with E-state index in [-0.39, 0.29) is 0 Å². The molecule has 3 aromatic rings. The summed E-state index contributed by atoms with van der Waals surface area (Å²) in [5, 5.41) is 12.8. The van der Waals surface area contributed by atoms with Crippen LogP contribution in [0.2, 0.25) is 0 Å². The van der Waals surface area contributed by atoms with E-state index in [1.807, 2.05) is 45.9 Å². The Bertz CT molecular complexity index is 735. The van der Waals surface area contributed by atoms with Crippen LogP contribution in [0.5, 0.6) is 0 Å². The fraction of sp³-hybridized carbons (Fsp3) is 0.375. The van der Waals surface area contributed by atoms with Crippen LogP contribution in [0.3, 0.4) is 0 Å². The fourth-order valence-corrected chi connectivity index (χ4v) is 3.14. The Hall–Kier alpha value is -2.54. The van der Waals surface area contributed by atoms with E-state index in [2.05, 4.69) is 25.3 Å². The van der Waals surface area contributed by atoms with Crippen LogP contribution in [-0.4, -0.2) is 47.2 Å². The van der Waals surface area contributed by atoms with Gasteiger partial charge in [-0.05, 0) is 31.5 Å². The minimum Gasteiger partial charge on any atom is -0.293 e. The van der Waals surface area contributed by atoms with E-state index in [9.17, 15) is 0 Å². The van der Waals surface area contributed by atoms with E-state index in [1.54, 1.807) is 12.7 Å². The minimum atomic E-state index is 0.485. The molecule has 118 valence electrons. The number of para-hydroxylation sites is 1. The summed E-state index contributed by atoms with van der Waals surface area (Å²) in [4.78, 5) is 6.48. The molecule has 7 heteroatoms.